The monoisotopic (exact) mass is 514 g/mol. The highest BCUT2D eigenvalue weighted by molar-refractivity contribution is 5.99. The van der Waals surface area contributed by atoms with Crippen molar-refractivity contribution in [3.63, 3.8) is 0 Å². The summed E-state index contributed by atoms with van der Waals surface area (Å²) in [7, 11) is 1.76. The van der Waals surface area contributed by atoms with Gasteiger partial charge in [0.15, 0.2) is 0 Å². The van der Waals surface area contributed by atoms with Gasteiger partial charge in [0.25, 0.3) is 5.91 Å². The lowest BCUT2D eigenvalue weighted by Crippen LogP contribution is -2.21. The fourth-order valence-electron chi connectivity index (χ4n) is 5.24. The van der Waals surface area contributed by atoms with Crippen LogP contribution < -0.4 is 14.8 Å². The van der Waals surface area contributed by atoms with Gasteiger partial charge in [-0.2, -0.15) is 0 Å². The maximum absolute atomic E-state index is 12.6. The third kappa shape index (κ3) is 7.37. The van der Waals surface area contributed by atoms with E-state index in [1.807, 2.05) is 24.3 Å². The van der Waals surface area contributed by atoms with Crippen molar-refractivity contribution in [2.45, 2.75) is 84.5 Å². The molecule has 5 heteroatoms. The maximum atomic E-state index is 12.6. The van der Waals surface area contributed by atoms with Gasteiger partial charge < -0.3 is 14.8 Å². The van der Waals surface area contributed by atoms with E-state index in [4.69, 9.17) is 14.5 Å². The fraction of sp³-hybridized carbons (Fsp3) is 0.455. The molecule has 0 aliphatic carbocycles. The van der Waals surface area contributed by atoms with Crippen LogP contribution in [-0.4, -0.2) is 18.7 Å². The highest BCUT2D eigenvalue weighted by atomic mass is 16.5. The quantitative estimate of drug-likeness (QED) is 0.276. The number of carbonyl (C=O) groups is 1. The molecule has 0 saturated heterocycles. The Bertz CT molecular complexity index is 1190. The minimum Gasteiger partial charge on any atom is -0.496 e. The summed E-state index contributed by atoms with van der Waals surface area (Å²) >= 11 is 0. The molecule has 1 unspecified atom stereocenters. The number of hydrogen-bond donors (Lipinski definition) is 1. The standard InChI is InChI=1S/C33H42N2O3/c1-4-6-11-24(5-2)12-7-8-13-25-16-17-26(32(22-25)37-3)18-19-27-20-21-31-29(23-34-27)35-33(36)28-14-9-10-15-30(28)38-31/h9-10,14-17,21-24H,4-8,11-13,18-20H2,1-3H3,(H,35,36). The topological polar surface area (TPSA) is 59.9 Å². The summed E-state index contributed by atoms with van der Waals surface area (Å²) < 4.78 is 11.8. The van der Waals surface area contributed by atoms with Crippen LogP contribution in [0.4, 0.5) is 0 Å². The van der Waals surface area contributed by atoms with Gasteiger partial charge in [0.1, 0.15) is 23.0 Å². The van der Waals surface area contributed by atoms with Gasteiger partial charge in [0, 0.05) is 12.1 Å². The molecule has 0 spiro atoms. The first-order valence-electron chi connectivity index (χ1n) is 14.3. The highest BCUT2D eigenvalue weighted by Crippen LogP contribution is 2.29. The van der Waals surface area contributed by atoms with E-state index in [9.17, 15) is 4.79 Å². The van der Waals surface area contributed by atoms with E-state index < -0.39 is 0 Å². The molecule has 38 heavy (non-hydrogen) atoms. The molecule has 2 aromatic rings. The molecule has 0 bridgehead atoms. The minimum absolute atomic E-state index is 0.180. The van der Waals surface area contributed by atoms with Gasteiger partial charge >= 0.3 is 0 Å². The Hall–Kier alpha value is -3.34. The van der Waals surface area contributed by atoms with E-state index in [-0.39, 0.29) is 5.91 Å². The normalized spacial score (nSPS) is 15.4. The molecule has 0 saturated carbocycles. The lowest BCUT2D eigenvalue weighted by atomic mass is 9.92. The predicted molar refractivity (Wildman–Crippen MR) is 155 cm³/mol. The number of para-hydroxylation sites is 1. The Balaban J connectivity index is 1.32. The second-order valence-electron chi connectivity index (χ2n) is 10.4. The number of unbranched alkanes of at least 4 members (excludes halogenated alkanes) is 2. The first kappa shape index (κ1) is 27.7. The summed E-state index contributed by atoms with van der Waals surface area (Å²) in [6.45, 7) is 4.61. The van der Waals surface area contributed by atoms with Crippen LogP contribution >= 0.6 is 0 Å². The van der Waals surface area contributed by atoms with Gasteiger partial charge in [0.2, 0.25) is 0 Å². The number of aliphatic imine (C=N–C) groups is 1. The number of carbonyl (C=O) groups excluding carboxylic acids is 1. The molecule has 5 nitrogen and oxygen atoms in total. The third-order valence-corrected chi connectivity index (χ3v) is 7.67. The number of hydrogen-bond acceptors (Lipinski definition) is 4. The zero-order valence-electron chi connectivity index (χ0n) is 23.2. The molecule has 2 aromatic carbocycles. The molecular formula is C33H42N2O3. The third-order valence-electron chi connectivity index (χ3n) is 7.67. The van der Waals surface area contributed by atoms with Crippen molar-refractivity contribution in [3.8, 4) is 11.5 Å². The number of rotatable bonds is 13. The second-order valence-corrected chi connectivity index (χ2v) is 10.4. The van der Waals surface area contributed by atoms with E-state index in [0.717, 1.165) is 36.6 Å². The molecular weight excluding hydrogens is 472 g/mol. The van der Waals surface area contributed by atoms with Crippen LogP contribution in [0.1, 0.15) is 93.1 Å². The van der Waals surface area contributed by atoms with E-state index in [1.165, 1.54) is 56.1 Å². The number of benzene rings is 2. The number of ether oxygens (including phenoxy) is 2. The zero-order chi connectivity index (χ0) is 26.7. The predicted octanol–water partition coefficient (Wildman–Crippen LogP) is 7.95. The SMILES string of the molecule is CCCCC(CC)CCCCc1ccc(CCC2=NC=C3NC(=O)c4ccccc4OC3=CC2)c(OC)c1. The molecule has 0 radical (unpaired) electrons. The lowest BCUT2D eigenvalue weighted by Gasteiger charge is -2.14. The molecule has 2 aliphatic heterocycles. The Labute approximate surface area is 228 Å². The van der Waals surface area contributed by atoms with Crippen LogP contribution in [0.25, 0.3) is 0 Å². The maximum Gasteiger partial charge on any atom is 0.259 e. The van der Waals surface area contributed by atoms with Crippen LogP contribution in [0.5, 0.6) is 11.5 Å². The second kappa shape index (κ2) is 14.0. The summed E-state index contributed by atoms with van der Waals surface area (Å²) in [5.74, 6) is 2.87. The van der Waals surface area contributed by atoms with Gasteiger partial charge in [-0.25, -0.2) is 0 Å². The summed E-state index contributed by atoms with van der Waals surface area (Å²) in [6.07, 6.45) is 16.4. The number of allylic oxidation sites excluding steroid dienone is 1. The van der Waals surface area contributed by atoms with Gasteiger partial charge in [-0.15, -0.1) is 0 Å². The Kier molecular flexibility index (Phi) is 10.2. The average molecular weight is 515 g/mol. The molecule has 4 rings (SSSR count). The van der Waals surface area contributed by atoms with Crippen LogP contribution in [0.3, 0.4) is 0 Å². The zero-order valence-corrected chi connectivity index (χ0v) is 23.2. The van der Waals surface area contributed by atoms with Crippen LogP contribution in [-0.2, 0) is 12.8 Å². The largest absolute Gasteiger partial charge is 0.496 e. The number of amides is 1. The van der Waals surface area contributed by atoms with Crippen molar-refractivity contribution >= 4 is 11.6 Å². The van der Waals surface area contributed by atoms with Crippen molar-refractivity contribution in [3.05, 3.63) is 82.9 Å². The van der Waals surface area contributed by atoms with Crippen molar-refractivity contribution in [1.82, 2.24) is 5.32 Å². The number of nitrogens with zero attached hydrogens (tertiary/aromatic N) is 1. The van der Waals surface area contributed by atoms with E-state index >= 15 is 0 Å². The first-order chi connectivity index (χ1) is 18.6. The summed E-state index contributed by atoms with van der Waals surface area (Å²) in [5, 5.41) is 2.94. The van der Waals surface area contributed by atoms with E-state index in [2.05, 4.69) is 37.4 Å². The summed E-state index contributed by atoms with van der Waals surface area (Å²) in [4.78, 5) is 17.3. The van der Waals surface area contributed by atoms with Gasteiger partial charge in [0.05, 0.1) is 18.9 Å². The molecule has 0 fully saturated rings. The summed E-state index contributed by atoms with van der Waals surface area (Å²) in [5.41, 5.74) is 4.71. The number of fused-ring (bicyclic) bond motifs is 2. The number of nitrogens with one attached hydrogen (secondary N) is 1. The van der Waals surface area contributed by atoms with Gasteiger partial charge in [-0.1, -0.05) is 76.6 Å². The average Bonchev–Trinajstić information content (AvgIpc) is 3.21. The molecule has 2 heterocycles. The highest BCUT2D eigenvalue weighted by Gasteiger charge is 2.23. The fourth-order valence-corrected chi connectivity index (χ4v) is 5.24. The van der Waals surface area contributed by atoms with E-state index in [0.29, 0.717) is 29.2 Å². The smallest absolute Gasteiger partial charge is 0.259 e. The minimum atomic E-state index is -0.180. The van der Waals surface area contributed by atoms with Crippen molar-refractivity contribution in [2.24, 2.45) is 10.9 Å². The molecule has 0 aromatic heterocycles. The molecule has 2 aliphatic rings. The summed E-state index contributed by atoms with van der Waals surface area (Å²) in [6, 6.07) is 14.0. The van der Waals surface area contributed by atoms with Crippen LogP contribution in [0, 0.1) is 5.92 Å². The lowest BCUT2D eigenvalue weighted by molar-refractivity contribution is 0.0968. The molecule has 1 atom stereocenters. The molecule has 1 N–H and O–H groups in total. The van der Waals surface area contributed by atoms with Crippen LogP contribution in [0.15, 0.2) is 71.2 Å². The van der Waals surface area contributed by atoms with E-state index in [1.54, 1.807) is 19.4 Å². The first-order valence-corrected chi connectivity index (χ1v) is 14.3. The van der Waals surface area contributed by atoms with Crippen molar-refractivity contribution in [1.29, 1.82) is 0 Å². The van der Waals surface area contributed by atoms with Gasteiger partial charge in [-0.05, 0) is 67.0 Å². The Morgan fingerprint density at radius 2 is 1.87 bits per heavy atom. The Morgan fingerprint density at radius 1 is 1.03 bits per heavy atom. The number of methoxy groups -OCH3 is 1. The number of aryl methyl sites for hydroxylation is 2. The van der Waals surface area contributed by atoms with Crippen molar-refractivity contribution < 1.29 is 14.3 Å². The van der Waals surface area contributed by atoms with Gasteiger partial charge in [-0.3, -0.25) is 9.79 Å². The Morgan fingerprint density at radius 3 is 2.68 bits per heavy atom. The van der Waals surface area contributed by atoms with Crippen LogP contribution in [0.2, 0.25) is 0 Å². The molecule has 1 amide bonds. The molecule has 202 valence electrons. The van der Waals surface area contributed by atoms with Crippen molar-refractivity contribution in [2.75, 3.05) is 7.11 Å².